The van der Waals surface area contributed by atoms with Gasteiger partial charge in [0.1, 0.15) is 0 Å². The number of halogens is 3. The molecule has 0 aliphatic rings. The Hall–Kier alpha value is -1.99. The normalized spacial score (nSPS) is 11.1. The minimum Gasteiger partial charge on any atom is -0.491 e. The highest BCUT2D eigenvalue weighted by Crippen LogP contribution is 2.36. The van der Waals surface area contributed by atoms with E-state index in [0.29, 0.717) is 0 Å². The molecule has 8 heteroatoms. The van der Waals surface area contributed by atoms with Crippen LogP contribution in [-0.4, -0.2) is 29.5 Å². The summed E-state index contributed by atoms with van der Waals surface area (Å²) >= 11 is 0. The summed E-state index contributed by atoms with van der Waals surface area (Å²) in [6.07, 6.45) is -3.97. The van der Waals surface area contributed by atoms with Gasteiger partial charge >= 0.3 is 12.3 Å². The predicted octanol–water partition coefficient (Wildman–Crippen LogP) is 2.00. The second-order valence-electron chi connectivity index (χ2n) is 3.01. The Balaban J connectivity index is 3.35. The topological polar surface area (TPSA) is 68.7 Å². The lowest BCUT2D eigenvalue weighted by atomic mass is 10.2. The highest BCUT2D eigenvalue weighted by molar-refractivity contribution is 5.89. The fraction of sp³-hybridized carbons (Fsp3) is 0.333. The van der Waals surface area contributed by atoms with Gasteiger partial charge < -0.3 is 14.6 Å². The number of aromatic nitrogens is 1. The van der Waals surface area contributed by atoms with Gasteiger partial charge in [0, 0.05) is 11.8 Å². The standard InChI is InChI=1S/C9H8F3NO4/c1-4-3-13-5(8(14)15)7(16-2)6(4)17-9(10,11)12/h3H,1-2H3,(H,14,15). The summed E-state index contributed by atoms with van der Waals surface area (Å²) in [5.41, 5.74) is -0.624. The molecule has 0 bridgehead atoms. The van der Waals surface area contributed by atoms with E-state index in [1.807, 2.05) is 0 Å². The molecule has 1 N–H and O–H groups in total. The number of carboxylic acid groups (broad SMARTS) is 1. The Morgan fingerprint density at radius 3 is 2.41 bits per heavy atom. The van der Waals surface area contributed by atoms with Crippen LogP contribution in [-0.2, 0) is 0 Å². The molecule has 0 unspecified atom stereocenters. The van der Waals surface area contributed by atoms with Crippen LogP contribution in [0.15, 0.2) is 6.20 Å². The average Bonchev–Trinajstić information content (AvgIpc) is 2.18. The summed E-state index contributed by atoms with van der Waals surface area (Å²) < 4.78 is 44.7. The van der Waals surface area contributed by atoms with E-state index in [1.165, 1.54) is 6.92 Å². The summed E-state index contributed by atoms with van der Waals surface area (Å²) in [6, 6.07) is 0. The molecule has 1 aromatic heterocycles. The molecule has 5 nitrogen and oxygen atoms in total. The van der Waals surface area contributed by atoms with E-state index in [9.17, 15) is 18.0 Å². The molecule has 1 heterocycles. The summed E-state index contributed by atoms with van der Waals surface area (Å²) in [6.45, 7) is 1.29. The first-order chi connectivity index (χ1) is 7.76. The number of alkyl halides is 3. The lowest BCUT2D eigenvalue weighted by Crippen LogP contribution is -2.19. The van der Waals surface area contributed by atoms with Gasteiger partial charge in [-0.15, -0.1) is 13.2 Å². The van der Waals surface area contributed by atoms with Crippen molar-refractivity contribution in [1.29, 1.82) is 0 Å². The lowest BCUT2D eigenvalue weighted by Gasteiger charge is -2.15. The van der Waals surface area contributed by atoms with Gasteiger partial charge in [0.15, 0.2) is 17.2 Å². The van der Waals surface area contributed by atoms with Crippen molar-refractivity contribution in [3.05, 3.63) is 17.5 Å². The van der Waals surface area contributed by atoms with Crippen LogP contribution in [0, 0.1) is 6.92 Å². The quantitative estimate of drug-likeness (QED) is 0.889. The van der Waals surface area contributed by atoms with Gasteiger partial charge in [0.05, 0.1) is 7.11 Å². The van der Waals surface area contributed by atoms with Crippen LogP contribution in [0.3, 0.4) is 0 Å². The van der Waals surface area contributed by atoms with Crippen LogP contribution in [0.2, 0.25) is 0 Å². The number of nitrogens with zero attached hydrogens (tertiary/aromatic N) is 1. The van der Waals surface area contributed by atoms with Gasteiger partial charge in [0.2, 0.25) is 0 Å². The van der Waals surface area contributed by atoms with Gasteiger partial charge in [-0.3, -0.25) is 0 Å². The molecular weight excluding hydrogens is 243 g/mol. The van der Waals surface area contributed by atoms with Crippen molar-refractivity contribution < 1.29 is 32.5 Å². The summed E-state index contributed by atoms with van der Waals surface area (Å²) in [4.78, 5) is 14.2. The van der Waals surface area contributed by atoms with Gasteiger partial charge in [-0.05, 0) is 6.92 Å². The molecule has 94 valence electrons. The number of carbonyl (C=O) groups is 1. The van der Waals surface area contributed by atoms with E-state index in [-0.39, 0.29) is 5.56 Å². The molecule has 1 aromatic rings. The molecular formula is C9H8F3NO4. The molecule has 0 aromatic carbocycles. The van der Waals surface area contributed by atoms with Gasteiger partial charge in [-0.25, -0.2) is 9.78 Å². The van der Waals surface area contributed by atoms with E-state index in [4.69, 9.17) is 5.11 Å². The van der Waals surface area contributed by atoms with Crippen LogP contribution in [0.5, 0.6) is 11.5 Å². The first-order valence-electron chi connectivity index (χ1n) is 4.29. The highest BCUT2D eigenvalue weighted by Gasteiger charge is 2.34. The Morgan fingerprint density at radius 1 is 1.41 bits per heavy atom. The summed E-state index contributed by atoms with van der Waals surface area (Å²) in [7, 11) is 1.03. The zero-order valence-electron chi connectivity index (χ0n) is 8.83. The third kappa shape index (κ3) is 2.99. The Kier molecular flexibility index (Phi) is 3.45. The molecule has 0 atom stereocenters. The summed E-state index contributed by atoms with van der Waals surface area (Å²) in [5.74, 6) is -2.77. The molecule has 1 rings (SSSR count). The van der Waals surface area contributed by atoms with Crippen LogP contribution in [0.1, 0.15) is 16.1 Å². The second-order valence-corrected chi connectivity index (χ2v) is 3.01. The monoisotopic (exact) mass is 251 g/mol. The zero-order valence-corrected chi connectivity index (χ0v) is 8.83. The zero-order chi connectivity index (χ0) is 13.2. The molecule has 0 saturated carbocycles. The number of aromatic carboxylic acids is 1. The highest BCUT2D eigenvalue weighted by atomic mass is 19.4. The number of aryl methyl sites for hydroxylation is 1. The van der Waals surface area contributed by atoms with E-state index < -0.39 is 29.5 Å². The van der Waals surface area contributed by atoms with Crippen LogP contribution < -0.4 is 9.47 Å². The van der Waals surface area contributed by atoms with Gasteiger partial charge in [0.25, 0.3) is 0 Å². The van der Waals surface area contributed by atoms with Gasteiger partial charge in [-0.2, -0.15) is 0 Å². The van der Waals surface area contributed by atoms with Crippen molar-refractivity contribution in [1.82, 2.24) is 4.98 Å². The molecule has 0 spiro atoms. The van der Waals surface area contributed by atoms with Gasteiger partial charge in [-0.1, -0.05) is 0 Å². The predicted molar refractivity (Wildman–Crippen MR) is 49.2 cm³/mol. The number of pyridine rings is 1. The Morgan fingerprint density at radius 2 is 2.00 bits per heavy atom. The molecule has 0 fully saturated rings. The van der Waals surface area contributed by atoms with E-state index in [0.717, 1.165) is 13.3 Å². The molecule has 0 saturated heterocycles. The Labute approximate surface area is 93.8 Å². The van der Waals surface area contributed by atoms with E-state index in [2.05, 4.69) is 14.5 Å². The first-order valence-corrected chi connectivity index (χ1v) is 4.29. The maximum absolute atomic E-state index is 12.1. The Bertz CT molecular complexity index is 445. The van der Waals surface area contributed by atoms with Crippen molar-refractivity contribution in [2.24, 2.45) is 0 Å². The average molecular weight is 251 g/mol. The van der Waals surface area contributed by atoms with E-state index >= 15 is 0 Å². The van der Waals surface area contributed by atoms with Crippen LogP contribution in [0.4, 0.5) is 13.2 Å². The van der Waals surface area contributed by atoms with Crippen molar-refractivity contribution in [2.45, 2.75) is 13.3 Å². The largest absolute Gasteiger partial charge is 0.573 e. The minimum atomic E-state index is -4.94. The fourth-order valence-corrected chi connectivity index (χ4v) is 1.15. The minimum absolute atomic E-state index is 0.0178. The van der Waals surface area contributed by atoms with E-state index in [1.54, 1.807) is 0 Å². The molecule has 17 heavy (non-hydrogen) atoms. The SMILES string of the molecule is COc1c(C(=O)O)ncc(C)c1OC(F)(F)F. The number of hydrogen-bond donors (Lipinski definition) is 1. The summed E-state index contributed by atoms with van der Waals surface area (Å²) in [5, 5.41) is 8.73. The number of methoxy groups -OCH3 is 1. The molecule has 0 aliphatic heterocycles. The lowest BCUT2D eigenvalue weighted by molar-refractivity contribution is -0.275. The number of rotatable bonds is 3. The maximum atomic E-state index is 12.1. The van der Waals surface area contributed by atoms with Crippen LogP contribution >= 0.6 is 0 Å². The van der Waals surface area contributed by atoms with Crippen molar-refractivity contribution in [3.63, 3.8) is 0 Å². The third-order valence-electron chi connectivity index (χ3n) is 1.79. The van der Waals surface area contributed by atoms with Crippen LogP contribution in [0.25, 0.3) is 0 Å². The molecule has 0 amide bonds. The smallest absolute Gasteiger partial charge is 0.491 e. The fourth-order valence-electron chi connectivity index (χ4n) is 1.15. The van der Waals surface area contributed by atoms with Crippen molar-refractivity contribution >= 4 is 5.97 Å². The van der Waals surface area contributed by atoms with Crippen molar-refractivity contribution in [2.75, 3.05) is 7.11 Å². The maximum Gasteiger partial charge on any atom is 0.573 e. The molecule has 0 aliphatic carbocycles. The first kappa shape index (κ1) is 13.1. The molecule has 0 radical (unpaired) electrons. The second kappa shape index (κ2) is 4.48. The number of ether oxygens (including phenoxy) is 2. The van der Waals surface area contributed by atoms with Crippen molar-refractivity contribution in [3.8, 4) is 11.5 Å². The number of hydrogen-bond acceptors (Lipinski definition) is 4. The third-order valence-corrected chi connectivity index (χ3v) is 1.79. The number of carboxylic acids is 1.